The lowest BCUT2D eigenvalue weighted by atomic mass is 9.96. The smallest absolute Gasteiger partial charge is 0.151 e. The lowest BCUT2D eigenvalue weighted by molar-refractivity contribution is 0.477. The maximum absolute atomic E-state index is 6.22. The molecule has 0 bridgehead atoms. The molecule has 4 heteroatoms. The number of hydrogen-bond donors (Lipinski definition) is 0. The van der Waals surface area contributed by atoms with Crippen molar-refractivity contribution >= 4 is 55.7 Å². The van der Waals surface area contributed by atoms with Gasteiger partial charge in [-0.05, 0) is 141 Å². The van der Waals surface area contributed by atoms with Crippen molar-refractivity contribution in [1.29, 1.82) is 0 Å². The molecular formula is C50H32N2O2. The highest BCUT2D eigenvalue weighted by atomic mass is 16.5. The number of para-hydroxylation sites is 8. The number of benzene rings is 9. The molecular weight excluding hydrogens is 661 g/mol. The minimum absolute atomic E-state index is 0.855. The molecule has 0 atom stereocenters. The highest BCUT2D eigenvalue weighted by Crippen LogP contribution is 2.51. The Hall–Kier alpha value is -7.30. The molecule has 0 aromatic heterocycles. The zero-order chi connectivity index (χ0) is 35.6. The van der Waals surface area contributed by atoms with Gasteiger partial charge in [-0.2, -0.15) is 0 Å². The summed E-state index contributed by atoms with van der Waals surface area (Å²) in [5.74, 6) is 3.42. The first-order chi connectivity index (χ1) is 26.7. The van der Waals surface area contributed by atoms with E-state index in [9.17, 15) is 0 Å². The second kappa shape index (κ2) is 12.1. The molecule has 2 aliphatic rings. The molecule has 0 N–H and O–H groups in total. The largest absolute Gasteiger partial charge is 0.453 e. The van der Waals surface area contributed by atoms with Gasteiger partial charge < -0.3 is 19.3 Å². The Kier molecular flexibility index (Phi) is 6.82. The van der Waals surface area contributed by atoms with Crippen LogP contribution in [-0.4, -0.2) is 0 Å². The second-order valence-corrected chi connectivity index (χ2v) is 13.8. The lowest BCUT2D eigenvalue weighted by Crippen LogP contribution is -2.15. The van der Waals surface area contributed by atoms with Gasteiger partial charge in [-0.15, -0.1) is 0 Å². The van der Waals surface area contributed by atoms with Crippen LogP contribution >= 0.6 is 0 Å². The van der Waals surface area contributed by atoms with Crippen LogP contribution in [0.3, 0.4) is 0 Å². The number of anilines is 6. The van der Waals surface area contributed by atoms with Crippen LogP contribution in [0.25, 0.3) is 43.8 Å². The second-order valence-electron chi connectivity index (χ2n) is 13.8. The third-order valence-corrected chi connectivity index (χ3v) is 10.6. The molecule has 0 spiro atoms. The first-order valence-electron chi connectivity index (χ1n) is 18.2. The van der Waals surface area contributed by atoms with Crippen LogP contribution in [0.2, 0.25) is 0 Å². The van der Waals surface area contributed by atoms with E-state index in [2.05, 4.69) is 155 Å². The van der Waals surface area contributed by atoms with E-state index < -0.39 is 0 Å². The molecule has 0 radical (unpaired) electrons. The molecule has 2 aliphatic heterocycles. The Morgan fingerprint density at radius 3 is 0.926 bits per heavy atom. The van der Waals surface area contributed by atoms with Crippen LogP contribution in [0.1, 0.15) is 0 Å². The van der Waals surface area contributed by atoms with Gasteiger partial charge in [0.2, 0.25) is 0 Å². The minimum atomic E-state index is 0.855. The highest BCUT2D eigenvalue weighted by molar-refractivity contribution is 6.01. The van der Waals surface area contributed by atoms with E-state index in [0.717, 1.165) is 57.1 Å². The fourth-order valence-electron chi connectivity index (χ4n) is 7.93. The first-order valence-corrected chi connectivity index (χ1v) is 18.2. The molecule has 0 saturated heterocycles. The summed E-state index contributed by atoms with van der Waals surface area (Å²) in [5.41, 5.74) is 11.1. The lowest BCUT2D eigenvalue weighted by Gasteiger charge is -2.32. The highest BCUT2D eigenvalue weighted by Gasteiger charge is 2.26. The number of nitrogens with zero attached hydrogens (tertiary/aromatic N) is 2. The Labute approximate surface area is 313 Å². The summed E-state index contributed by atoms with van der Waals surface area (Å²) in [7, 11) is 0. The predicted octanol–water partition coefficient (Wildman–Crippen LogP) is 14.5. The van der Waals surface area contributed by atoms with Gasteiger partial charge in [-0.1, -0.05) is 97.1 Å². The van der Waals surface area contributed by atoms with E-state index in [4.69, 9.17) is 9.47 Å². The van der Waals surface area contributed by atoms with Crippen molar-refractivity contribution in [2.45, 2.75) is 0 Å². The fraction of sp³-hybridized carbons (Fsp3) is 0. The normalized spacial score (nSPS) is 12.7. The maximum atomic E-state index is 6.22. The topological polar surface area (TPSA) is 24.9 Å². The van der Waals surface area contributed by atoms with Gasteiger partial charge >= 0.3 is 0 Å². The van der Waals surface area contributed by atoms with Crippen molar-refractivity contribution in [3.8, 4) is 45.3 Å². The summed E-state index contributed by atoms with van der Waals surface area (Å²) in [6.07, 6.45) is 0. The van der Waals surface area contributed by atoms with Gasteiger partial charge in [-0.25, -0.2) is 0 Å². The van der Waals surface area contributed by atoms with Crippen LogP contribution in [0.15, 0.2) is 194 Å². The van der Waals surface area contributed by atoms with Crippen LogP contribution in [0.5, 0.6) is 23.0 Å². The molecule has 0 fully saturated rings. The number of hydrogen-bond acceptors (Lipinski definition) is 4. The van der Waals surface area contributed by atoms with Crippen molar-refractivity contribution in [2.24, 2.45) is 0 Å². The average Bonchev–Trinajstić information content (AvgIpc) is 3.23. The van der Waals surface area contributed by atoms with E-state index in [0.29, 0.717) is 0 Å². The molecule has 0 unspecified atom stereocenters. The van der Waals surface area contributed by atoms with Crippen LogP contribution in [-0.2, 0) is 0 Å². The molecule has 2 heterocycles. The van der Waals surface area contributed by atoms with Crippen LogP contribution < -0.4 is 19.3 Å². The molecule has 11 rings (SSSR count). The third kappa shape index (κ3) is 5.00. The summed E-state index contributed by atoms with van der Waals surface area (Å²) in [6, 6.07) is 68.6. The molecule has 0 amide bonds. The van der Waals surface area contributed by atoms with Gasteiger partial charge in [0.25, 0.3) is 0 Å². The van der Waals surface area contributed by atoms with Crippen LogP contribution in [0.4, 0.5) is 34.1 Å². The quantitative estimate of drug-likeness (QED) is 0.171. The molecule has 9 aromatic rings. The molecule has 54 heavy (non-hydrogen) atoms. The Morgan fingerprint density at radius 2 is 0.574 bits per heavy atom. The molecule has 4 nitrogen and oxygen atoms in total. The summed E-state index contributed by atoms with van der Waals surface area (Å²) in [6.45, 7) is 0. The van der Waals surface area contributed by atoms with Crippen molar-refractivity contribution in [3.63, 3.8) is 0 Å². The van der Waals surface area contributed by atoms with Gasteiger partial charge in [0, 0.05) is 11.4 Å². The van der Waals surface area contributed by atoms with Crippen molar-refractivity contribution in [1.82, 2.24) is 0 Å². The zero-order valence-corrected chi connectivity index (χ0v) is 29.2. The summed E-state index contributed by atoms with van der Waals surface area (Å²) in [4.78, 5) is 4.55. The van der Waals surface area contributed by atoms with Crippen molar-refractivity contribution in [3.05, 3.63) is 194 Å². The van der Waals surface area contributed by atoms with E-state index in [1.807, 2.05) is 48.5 Å². The summed E-state index contributed by atoms with van der Waals surface area (Å²) >= 11 is 0. The maximum Gasteiger partial charge on any atom is 0.151 e. The van der Waals surface area contributed by atoms with E-state index >= 15 is 0 Å². The fourth-order valence-corrected chi connectivity index (χ4v) is 7.93. The number of fused-ring (bicyclic) bond motifs is 6. The zero-order valence-electron chi connectivity index (χ0n) is 29.2. The first kappa shape index (κ1) is 30.3. The molecule has 254 valence electrons. The Balaban J connectivity index is 0.884. The predicted molar refractivity (Wildman–Crippen MR) is 222 cm³/mol. The van der Waals surface area contributed by atoms with E-state index in [1.165, 1.54) is 43.8 Å². The third-order valence-electron chi connectivity index (χ3n) is 10.6. The Bertz CT molecular complexity index is 2610. The Morgan fingerprint density at radius 1 is 0.259 bits per heavy atom. The van der Waals surface area contributed by atoms with Gasteiger partial charge in [0.05, 0.1) is 22.7 Å². The minimum Gasteiger partial charge on any atom is -0.453 e. The van der Waals surface area contributed by atoms with Crippen molar-refractivity contribution < 1.29 is 9.47 Å². The standard InChI is InChI=1S/C50H32N2O2/c1-5-13-47-43(9-1)51(44-10-2-6-14-48(44)53-47)41-25-21-33(22-26-41)35-17-19-37-32-40-30-36(18-20-38(40)31-39(37)29-35)34-23-27-42(28-24-34)52-45-11-3-7-15-49(45)54-50-16-8-4-12-46(50)52/h1-32H. The summed E-state index contributed by atoms with van der Waals surface area (Å²) < 4.78 is 12.4. The van der Waals surface area contributed by atoms with Crippen LogP contribution in [0, 0.1) is 0 Å². The molecule has 0 saturated carbocycles. The van der Waals surface area contributed by atoms with E-state index in [-0.39, 0.29) is 0 Å². The SMILES string of the molecule is c1ccc2c(c1)Oc1ccccc1N2c1ccc(-c2ccc3cc4cc(-c5ccc(N6c7ccccc7Oc7ccccc76)cc5)ccc4cc3c2)cc1. The van der Waals surface area contributed by atoms with Gasteiger partial charge in [0.15, 0.2) is 23.0 Å². The molecule has 9 aromatic carbocycles. The van der Waals surface area contributed by atoms with Crippen molar-refractivity contribution in [2.75, 3.05) is 9.80 Å². The average molecular weight is 693 g/mol. The summed E-state index contributed by atoms with van der Waals surface area (Å²) in [5, 5.41) is 4.90. The van der Waals surface area contributed by atoms with E-state index in [1.54, 1.807) is 0 Å². The number of rotatable bonds is 4. The molecule has 0 aliphatic carbocycles. The monoisotopic (exact) mass is 692 g/mol. The van der Waals surface area contributed by atoms with Gasteiger partial charge in [-0.3, -0.25) is 0 Å². The number of ether oxygens (including phenoxy) is 2. The van der Waals surface area contributed by atoms with Gasteiger partial charge in [0.1, 0.15) is 0 Å².